The van der Waals surface area contributed by atoms with Gasteiger partial charge in [-0.15, -0.1) is 0 Å². The summed E-state index contributed by atoms with van der Waals surface area (Å²) in [4.78, 5) is 1.14. The molecule has 2 aliphatic heterocycles. The first-order valence-corrected chi connectivity index (χ1v) is 13.2. The second-order valence-electron chi connectivity index (χ2n) is 13.3. The Bertz CT molecular complexity index is 2250. The van der Waals surface area contributed by atoms with Crippen LogP contribution < -0.4 is 26.0 Å². The summed E-state index contributed by atoms with van der Waals surface area (Å²) in [6, 6.07) is -5.28. The van der Waals surface area contributed by atoms with Crippen molar-refractivity contribution in [2.45, 2.75) is 78.6 Å². The second kappa shape index (κ2) is 8.52. The highest BCUT2D eigenvalue weighted by atomic mass is 16.5. The molecule has 198 valence electrons. The summed E-state index contributed by atoms with van der Waals surface area (Å²) in [6.45, 7) is 14.7. The Morgan fingerprint density at radius 1 is 0.590 bits per heavy atom. The van der Waals surface area contributed by atoms with Crippen LogP contribution in [0.2, 0.25) is 0 Å². The molecule has 4 aromatic carbocycles. The lowest BCUT2D eigenvalue weighted by molar-refractivity contribution is 0.486. The maximum Gasteiger partial charge on any atom is 0.256 e. The third-order valence-corrected chi connectivity index (χ3v) is 7.09. The lowest BCUT2D eigenvalue weighted by Gasteiger charge is -2.41. The molecule has 0 atom stereocenters. The number of nitrogens with zero attached hydrogens (tertiary/aromatic N) is 1. The van der Waals surface area contributed by atoms with E-state index in [1.54, 1.807) is 62.3 Å². The monoisotopic (exact) mass is 526 g/mol. The van der Waals surface area contributed by atoms with Gasteiger partial charge in [0, 0.05) is 17.1 Å². The van der Waals surface area contributed by atoms with E-state index in [0.717, 1.165) is 4.90 Å². The summed E-state index contributed by atoms with van der Waals surface area (Å²) < 4.78 is 126. The van der Waals surface area contributed by atoms with Crippen molar-refractivity contribution in [3.8, 4) is 11.5 Å². The Labute approximate surface area is 253 Å². The molecule has 6 rings (SSSR count). The Morgan fingerprint density at radius 3 is 1.77 bits per heavy atom. The Kier molecular flexibility index (Phi) is 3.23. The van der Waals surface area contributed by atoms with Gasteiger partial charge in [-0.25, -0.2) is 0 Å². The molecule has 4 aromatic rings. The first kappa shape index (κ1) is 14.8. The molecule has 3 heteroatoms. The molecule has 0 spiro atoms. The third-order valence-electron chi connectivity index (χ3n) is 7.09. The van der Waals surface area contributed by atoms with Crippen molar-refractivity contribution < 1.29 is 22.6 Å². The molecule has 0 N–H and O–H groups in total. The van der Waals surface area contributed by atoms with E-state index in [0.29, 0.717) is 0 Å². The minimum absolute atomic E-state index is 0.0266. The van der Waals surface area contributed by atoms with Crippen LogP contribution in [0.15, 0.2) is 78.6 Å². The molecule has 2 aliphatic rings. The van der Waals surface area contributed by atoms with Crippen molar-refractivity contribution in [1.82, 2.24) is 0 Å². The fourth-order valence-electron chi connectivity index (χ4n) is 4.82. The number of hydrogen-bond acceptors (Lipinski definition) is 2. The smallest absolute Gasteiger partial charge is 0.256 e. The Hall–Kier alpha value is -3.46. The van der Waals surface area contributed by atoms with E-state index in [2.05, 4.69) is 0 Å². The highest BCUT2D eigenvalue weighted by molar-refractivity contribution is 6.99. The lowest BCUT2D eigenvalue weighted by Crippen LogP contribution is -2.59. The van der Waals surface area contributed by atoms with Gasteiger partial charge in [0.05, 0.1) is 17.8 Å². The standard InChI is InChI=1S/C36H40BNO/c1-34(2,3)23-13-17-26(18-14-23)38-29-19-15-24(35(4,5)6)21-27(29)37-28-22-25(36(7,8)9)16-20-31(28)39-32-12-10-11-30(38)33(32)37/h10-22H,1-9H3/i10D,11D,12D,13D,14D,15D,16D,17D,18D,19D,20D,21D,22D. The maximum atomic E-state index is 9.77. The SMILES string of the molecule is [2H]c1c([2H])c2c3c(c1[2H])N(c1c([2H])c([2H])c(C(C)(C)C)c([2H])c1[2H])c1c([2H])c([2H])c(C(C)(C)C)c([2H])c1B3c1c([2H])c(C(C)(C)C)c([2H])c([2H])c1O2. The van der Waals surface area contributed by atoms with Gasteiger partial charge in [-0.1, -0.05) is 105 Å². The van der Waals surface area contributed by atoms with Crippen LogP contribution in [-0.2, 0) is 16.2 Å². The van der Waals surface area contributed by atoms with Gasteiger partial charge in [0.15, 0.2) is 0 Å². The highest BCUT2D eigenvalue weighted by Gasteiger charge is 2.42. The highest BCUT2D eigenvalue weighted by Crippen LogP contribution is 2.42. The fraction of sp³-hybridized carbons (Fsp3) is 0.333. The zero-order valence-corrected chi connectivity index (χ0v) is 23.9. The molecule has 0 bridgehead atoms. The van der Waals surface area contributed by atoms with Gasteiger partial charge in [-0.05, 0) is 85.6 Å². The molecule has 0 amide bonds. The largest absolute Gasteiger partial charge is 0.458 e. The number of hydrogen-bond donors (Lipinski definition) is 0. The van der Waals surface area contributed by atoms with Crippen LogP contribution in [0.5, 0.6) is 11.5 Å². The minimum Gasteiger partial charge on any atom is -0.458 e. The third kappa shape index (κ3) is 4.27. The van der Waals surface area contributed by atoms with E-state index in [1.165, 1.54) is 0 Å². The van der Waals surface area contributed by atoms with Gasteiger partial charge in [0.25, 0.3) is 6.71 Å². The van der Waals surface area contributed by atoms with Crippen molar-refractivity contribution in [1.29, 1.82) is 0 Å². The summed E-state index contributed by atoms with van der Waals surface area (Å²) in [7, 11) is 0. The van der Waals surface area contributed by atoms with Crippen LogP contribution >= 0.6 is 0 Å². The number of anilines is 3. The number of fused-ring (bicyclic) bond motifs is 4. The summed E-state index contributed by atoms with van der Waals surface area (Å²) in [5.41, 5.74) is -2.63. The number of rotatable bonds is 1. The number of ether oxygens (including phenoxy) is 1. The molecule has 0 saturated heterocycles. The van der Waals surface area contributed by atoms with Crippen molar-refractivity contribution in [2.24, 2.45) is 0 Å². The Morgan fingerprint density at radius 2 is 1.15 bits per heavy atom. The lowest BCUT2D eigenvalue weighted by atomic mass is 9.34. The molecule has 0 unspecified atom stereocenters. The average molecular weight is 527 g/mol. The van der Waals surface area contributed by atoms with Crippen LogP contribution in [0.25, 0.3) is 0 Å². The van der Waals surface area contributed by atoms with Crippen LogP contribution in [0.1, 0.15) is 96.8 Å². The zero-order chi connectivity index (χ0) is 39.2. The molecule has 2 heterocycles. The second-order valence-corrected chi connectivity index (χ2v) is 13.3. The van der Waals surface area contributed by atoms with Crippen molar-refractivity contribution in [3.05, 3.63) is 95.2 Å². The summed E-state index contributed by atoms with van der Waals surface area (Å²) in [5, 5.41) is 0. The quantitative estimate of drug-likeness (QED) is 0.201. The summed E-state index contributed by atoms with van der Waals surface area (Å²) in [5.74, 6) is -0.506. The first-order chi connectivity index (χ1) is 23.7. The molecule has 39 heavy (non-hydrogen) atoms. The molecule has 0 saturated carbocycles. The van der Waals surface area contributed by atoms with E-state index in [1.807, 2.05) is 0 Å². The van der Waals surface area contributed by atoms with E-state index in [-0.39, 0.29) is 104 Å². The van der Waals surface area contributed by atoms with Gasteiger partial charge < -0.3 is 9.64 Å². The molecular weight excluding hydrogens is 473 g/mol. The summed E-state index contributed by atoms with van der Waals surface area (Å²) >= 11 is 0. The van der Waals surface area contributed by atoms with Crippen LogP contribution in [-0.4, -0.2) is 6.71 Å². The molecule has 0 aliphatic carbocycles. The number of benzene rings is 4. The van der Waals surface area contributed by atoms with Gasteiger partial charge in [0.2, 0.25) is 0 Å². The van der Waals surface area contributed by atoms with E-state index < -0.39 is 59.2 Å². The van der Waals surface area contributed by atoms with Crippen molar-refractivity contribution >= 4 is 40.2 Å². The molecule has 0 radical (unpaired) electrons. The van der Waals surface area contributed by atoms with Gasteiger partial charge in [0.1, 0.15) is 11.5 Å². The summed E-state index contributed by atoms with van der Waals surface area (Å²) in [6.07, 6.45) is 0. The average Bonchev–Trinajstić information content (AvgIpc) is 3.00. The van der Waals surface area contributed by atoms with Gasteiger partial charge >= 0.3 is 0 Å². The Balaban J connectivity index is 1.94. The molecular formula is C36H40BNO. The van der Waals surface area contributed by atoms with Crippen LogP contribution in [0.3, 0.4) is 0 Å². The van der Waals surface area contributed by atoms with E-state index in [4.69, 9.17) is 13.0 Å². The van der Waals surface area contributed by atoms with Gasteiger partial charge in [-0.2, -0.15) is 0 Å². The first-order valence-electron chi connectivity index (χ1n) is 19.7. The normalized spacial score (nSPS) is 19.1. The molecule has 0 aromatic heterocycles. The maximum absolute atomic E-state index is 9.77. The van der Waals surface area contributed by atoms with E-state index >= 15 is 0 Å². The predicted molar refractivity (Wildman–Crippen MR) is 168 cm³/mol. The van der Waals surface area contributed by atoms with Crippen molar-refractivity contribution in [2.75, 3.05) is 4.90 Å². The van der Waals surface area contributed by atoms with E-state index in [9.17, 15) is 9.60 Å². The molecule has 2 nitrogen and oxygen atoms in total. The topological polar surface area (TPSA) is 12.5 Å². The van der Waals surface area contributed by atoms with Crippen LogP contribution in [0.4, 0.5) is 17.1 Å². The van der Waals surface area contributed by atoms with Gasteiger partial charge in [-0.3, -0.25) is 0 Å². The fourth-order valence-corrected chi connectivity index (χ4v) is 4.82. The predicted octanol–water partition coefficient (Wildman–Crippen LogP) is 7.98. The van der Waals surface area contributed by atoms with Crippen LogP contribution in [0, 0.1) is 0 Å². The minimum atomic E-state index is -1.27. The molecule has 0 fully saturated rings. The van der Waals surface area contributed by atoms with Crippen molar-refractivity contribution in [3.63, 3.8) is 0 Å². The zero-order valence-electron chi connectivity index (χ0n) is 36.9.